The first kappa shape index (κ1) is 11.0. The molecule has 13 heavy (non-hydrogen) atoms. The van der Waals surface area contributed by atoms with E-state index >= 15 is 0 Å². The van der Waals surface area contributed by atoms with Crippen LogP contribution in [0.2, 0.25) is 0 Å². The van der Waals surface area contributed by atoms with E-state index in [0.717, 1.165) is 24.0 Å². The van der Waals surface area contributed by atoms with Crippen LogP contribution in [0.15, 0.2) is 15.9 Å². The molecule has 0 aliphatic rings. The Morgan fingerprint density at radius 3 is 3.00 bits per heavy atom. The Labute approximate surface area is 91.7 Å². The van der Waals surface area contributed by atoms with Crippen molar-refractivity contribution >= 4 is 32.3 Å². The summed E-state index contributed by atoms with van der Waals surface area (Å²) in [6.07, 6.45) is 1.13. The Balaban J connectivity index is 2.20. The van der Waals surface area contributed by atoms with Crippen molar-refractivity contribution < 1.29 is 0 Å². The van der Waals surface area contributed by atoms with Gasteiger partial charge in [0, 0.05) is 16.4 Å². The molecule has 1 unspecified atom stereocenters. The molecule has 1 rings (SSSR count). The number of anilines is 1. The van der Waals surface area contributed by atoms with Crippen molar-refractivity contribution in [2.75, 3.05) is 18.4 Å². The largest absolute Gasteiger partial charge is 0.377 e. The molecule has 0 fully saturated rings. The van der Waals surface area contributed by atoms with Crippen molar-refractivity contribution in [3.05, 3.63) is 15.9 Å². The minimum Gasteiger partial charge on any atom is -0.377 e. The van der Waals surface area contributed by atoms with Crippen LogP contribution in [0, 0.1) is 5.92 Å². The highest BCUT2D eigenvalue weighted by atomic mass is 79.9. The fraction of sp³-hybridized carbons (Fsp3) is 0.556. The average Bonchev–Trinajstić information content (AvgIpc) is 2.51. The van der Waals surface area contributed by atoms with Crippen LogP contribution < -0.4 is 11.1 Å². The molecule has 1 aromatic heterocycles. The van der Waals surface area contributed by atoms with Gasteiger partial charge in [0.2, 0.25) is 0 Å². The molecule has 0 saturated carbocycles. The summed E-state index contributed by atoms with van der Waals surface area (Å²) in [5.74, 6) is 0.607. The number of thiophene rings is 1. The third-order valence-corrected chi connectivity index (χ3v) is 3.55. The normalized spacial score (nSPS) is 12.8. The van der Waals surface area contributed by atoms with Gasteiger partial charge in [-0.15, -0.1) is 11.3 Å². The molecule has 0 radical (unpaired) electrons. The zero-order valence-corrected chi connectivity index (χ0v) is 10.1. The van der Waals surface area contributed by atoms with Crippen LogP contribution in [0.5, 0.6) is 0 Å². The molecule has 0 saturated heterocycles. The molecule has 3 N–H and O–H groups in total. The predicted molar refractivity (Wildman–Crippen MR) is 63.3 cm³/mol. The molecular weight excluding hydrogens is 248 g/mol. The van der Waals surface area contributed by atoms with Crippen molar-refractivity contribution in [1.82, 2.24) is 0 Å². The molecule has 0 aromatic carbocycles. The van der Waals surface area contributed by atoms with Crippen molar-refractivity contribution in [3.63, 3.8) is 0 Å². The summed E-state index contributed by atoms with van der Waals surface area (Å²) in [4.78, 5) is 0. The van der Waals surface area contributed by atoms with Crippen LogP contribution in [-0.2, 0) is 0 Å². The highest BCUT2D eigenvalue weighted by Gasteiger charge is 1.99. The average molecular weight is 263 g/mol. The number of hydrogen-bond acceptors (Lipinski definition) is 3. The Hall–Kier alpha value is -0.0600. The van der Waals surface area contributed by atoms with E-state index in [4.69, 9.17) is 5.73 Å². The molecule has 1 aromatic rings. The Bertz CT molecular complexity index is 250. The lowest BCUT2D eigenvalue weighted by Crippen LogP contribution is -2.14. The van der Waals surface area contributed by atoms with Gasteiger partial charge in [0.1, 0.15) is 0 Å². The standard InChI is InChI=1S/C9H15BrN2S/c1-7(5-11)2-3-12-9-4-8(10)6-13-9/h4,6-7,12H,2-3,5,11H2,1H3. The second kappa shape index (κ2) is 5.62. The number of hydrogen-bond donors (Lipinski definition) is 2. The molecule has 74 valence electrons. The van der Waals surface area contributed by atoms with E-state index in [9.17, 15) is 0 Å². The molecular formula is C9H15BrN2S. The summed E-state index contributed by atoms with van der Waals surface area (Å²) in [5, 5.41) is 6.66. The monoisotopic (exact) mass is 262 g/mol. The molecule has 0 spiro atoms. The van der Waals surface area contributed by atoms with Gasteiger partial charge in [-0.3, -0.25) is 0 Å². The molecule has 1 heterocycles. The first-order valence-corrected chi connectivity index (χ1v) is 6.07. The Morgan fingerprint density at radius 1 is 1.69 bits per heavy atom. The minimum atomic E-state index is 0.607. The topological polar surface area (TPSA) is 38.0 Å². The molecule has 0 amide bonds. The minimum absolute atomic E-state index is 0.607. The maximum atomic E-state index is 5.52. The lowest BCUT2D eigenvalue weighted by atomic mass is 10.1. The smallest absolute Gasteiger partial charge is 0.0894 e. The summed E-state index contributed by atoms with van der Waals surface area (Å²) in [5.41, 5.74) is 5.52. The van der Waals surface area contributed by atoms with Gasteiger partial charge in [-0.25, -0.2) is 0 Å². The Morgan fingerprint density at radius 2 is 2.46 bits per heavy atom. The van der Waals surface area contributed by atoms with Crippen molar-refractivity contribution in [2.45, 2.75) is 13.3 Å². The maximum Gasteiger partial charge on any atom is 0.0894 e. The van der Waals surface area contributed by atoms with Gasteiger partial charge in [0.15, 0.2) is 0 Å². The van der Waals surface area contributed by atoms with E-state index in [1.54, 1.807) is 11.3 Å². The summed E-state index contributed by atoms with van der Waals surface area (Å²) in [6.45, 7) is 3.95. The zero-order valence-electron chi connectivity index (χ0n) is 7.72. The van der Waals surface area contributed by atoms with Crippen molar-refractivity contribution in [1.29, 1.82) is 0 Å². The van der Waals surface area contributed by atoms with E-state index in [0.29, 0.717) is 5.92 Å². The van der Waals surface area contributed by atoms with Crippen LogP contribution in [0.1, 0.15) is 13.3 Å². The number of nitrogens with two attached hydrogens (primary N) is 1. The van der Waals surface area contributed by atoms with Gasteiger partial charge >= 0.3 is 0 Å². The zero-order chi connectivity index (χ0) is 9.68. The van der Waals surface area contributed by atoms with Crippen LogP contribution in [0.4, 0.5) is 5.00 Å². The number of nitrogens with one attached hydrogen (secondary N) is 1. The van der Waals surface area contributed by atoms with Crippen LogP contribution >= 0.6 is 27.3 Å². The van der Waals surface area contributed by atoms with E-state index in [1.165, 1.54) is 5.00 Å². The second-order valence-corrected chi connectivity index (χ2v) is 5.01. The third kappa shape index (κ3) is 4.11. The van der Waals surface area contributed by atoms with Crippen LogP contribution in [0.25, 0.3) is 0 Å². The predicted octanol–water partition coefficient (Wildman–Crippen LogP) is 2.91. The Kier molecular flexibility index (Phi) is 4.77. The van der Waals surface area contributed by atoms with Gasteiger partial charge < -0.3 is 11.1 Å². The van der Waals surface area contributed by atoms with E-state index in [1.807, 2.05) is 0 Å². The summed E-state index contributed by atoms with van der Waals surface area (Å²) in [6, 6.07) is 2.10. The fourth-order valence-electron chi connectivity index (χ4n) is 0.965. The highest BCUT2D eigenvalue weighted by Crippen LogP contribution is 2.24. The van der Waals surface area contributed by atoms with Crippen LogP contribution in [0.3, 0.4) is 0 Å². The molecule has 0 aliphatic carbocycles. The summed E-state index contributed by atoms with van der Waals surface area (Å²) >= 11 is 5.14. The van der Waals surface area contributed by atoms with E-state index in [2.05, 4.69) is 39.6 Å². The molecule has 1 atom stereocenters. The number of rotatable bonds is 5. The summed E-state index contributed by atoms with van der Waals surface area (Å²) < 4.78 is 1.15. The third-order valence-electron chi connectivity index (χ3n) is 1.91. The molecule has 4 heteroatoms. The maximum absolute atomic E-state index is 5.52. The first-order chi connectivity index (χ1) is 6.22. The number of halogens is 1. The SMILES string of the molecule is CC(CN)CCNc1cc(Br)cs1. The van der Waals surface area contributed by atoms with E-state index in [-0.39, 0.29) is 0 Å². The van der Waals surface area contributed by atoms with Gasteiger partial charge in [0.05, 0.1) is 5.00 Å². The fourth-order valence-corrected chi connectivity index (χ4v) is 2.31. The van der Waals surface area contributed by atoms with Crippen LogP contribution in [-0.4, -0.2) is 13.1 Å². The van der Waals surface area contributed by atoms with Gasteiger partial charge in [-0.2, -0.15) is 0 Å². The lowest BCUT2D eigenvalue weighted by molar-refractivity contribution is 0.562. The van der Waals surface area contributed by atoms with Crippen molar-refractivity contribution in [2.24, 2.45) is 11.7 Å². The highest BCUT2D eigenvalue weighted by molar-refractivity contribution is 9.10. The summed E-state index contributed by atoms with van der Waals surface area (Å²) in [7, 11) is 0. The van der Waals surface area contributed by atoms with Crippen molar-refractivity contribution in [3.8, 4) is 0 Å². The van der Waals surface area contributed by atoms with Gasteiger partial charge in [-0.05, 0) is 40.9 Å². The quantitative estimate of drug-likeness (QED) is 0.857. The lowest BCUT2D eigenvalue weighted by Gasteiger charge is -2.08. The molecule has 0 aliphatic heterocycles. The first-order valence-electron chi connectivity index (χ1n) is 4.40. The second-order valence-electron chi connectivity index (χ2n) is 3.19. The van der Waals surface area contributed by atoms with Gasteiger partial charge in [-0.1, -0.05) is 6.92 Å². The molecule has 0 bridgehead atoms. The van der Waals surface area contributed by atoms with E-state index < -0.39 is 0 Å². The van der Waals surface area contributed by atoms with Gasteiger partial charge in [0.25, 0.3) is 0 Å². The molecule has 2 nitrogen and oxygen atoms in total.